The van der Waals surface area contributed by atoms with Gasteiger partial charge in [-0.2, -0.15) is 0 Å². The van der Waals surface area contributed by atoms with E-state index in [0.717, 1.165) is 22.3 Å². The third-order valence-corrected chi connectivity index (χ3v) is 4.75. The summed E-state index contributed by atoms with van der Waals surface area (Å²) in [6.45, 7) is 10.8. The van der Waals surface area contributed by atoms with Crippen LogP contribution in [0.3, 0.4) is 0 Å². The quantitative estimate of drug-likeness (QED) is 0.553. The van der Waals surface area contributed by atoms with Crippen molar-refractivity contribution in [3.05, 3.63) is 41.7 Å². The summed E-state index contributed by atoms with van der Waals surface area (Å²) in [6.07, 6.45) is 10.8. The fraction of sp³-hybridized carbons (Fsp3) is 0.500. The molecule has 1 aromatic carbocycles. The van der Waals surface area contributed by atoms with E-state index in [2.05, 4.69) is 50.9 Å². The highest BCUT2D eigenvalue weighted by Gasteiger charge is 2.14. The van der Waals surface area contributed by atoms with Gasteiger partial charge in [0.2, 0.25) is 0 Å². The van der Waals surface area contributed by atoms with Crippen molar-refractivity contribution < 1.29 is 0 Å². The minimum Gasteiger partial charge on any atom is -0.289 e. The molecule has 0 spiro atoms. The van der Waals surface area contributed by atoms with Crippen molar-refractivity contribution in [3.63, 3.8) is 0 Å². The smallest absolute Gasteiger partial charge is 0.0905 e. The Morgan fingerprint density at radius 2 is 1.88 bits per heavy atom. The van der Waals surface area contributed by atoms with Crippen molar-refractivity contribution in [3.8, 4) is 0 Å². The van der Waals surface area contributed by atoms with Crippen LogP contribution in [-0.2, 0) is 0 Å². The molecule has 0 fully saturated rings. The Morgan fingerprint density at radius 3 is 2.52 bits per heavy atom. The van der Waals surface area contributed by atoms with Gasteiger partial charge in [0, 0.05) is 17.8 Å². The summed E-state index contributed by atoms with van der Waals surface area (Å²) < 4.78 is 0. The number of aliphatic imine (C=N–C) groups is 1. The Labute approximate surface area is 152 Å². The van der Waals surface area contributed by atoms with E-state index in [1.54, 1.807) is 0 Å². The first-order valence-corrected chi connectivity index (χ1v) is 9.52. The fourth-order valence-corrected chi connectivity index (χ4v) is 3.24. The van der Waals surface area contributed by atoms with Gasteiger partial charge >= 0.3 is 0 Å². The lowest BCUT2D eigenvalue weighted by molar-refractivity contribution is 0.382. The van der Waals surface area contributed by atoms with Crippen LogP contribution in [0.4, 0.5) is 0 Å². The first-order valence-electron chi connectivity index (χ1n) is 9.52. The van der Waals surface area contributed by atoms with Gasteiger partial charge in [-0.15, -0.1) is 0 Å². The summed E-state index contributed by atoms with van der Waals surface area (Å²) in [7, 11) is 0. The van der Waals surface area contributed by atoms with Gasteiger partial charge in [-0.05, 0) is 57.2 Å². The minimum absolute atomic E-state index is 0.338. The maximum absolute atomic E-state index is 4.85. The molecule has 0 bridgehead atoms. The molecule has 25 heavy (non-hydrogen) atoms. The van der Waals surface area contributed by atoms with Crippen LogP contribution in [0, 0.1) is 12.8 Å². The van der Waals surface area contributed by atoms with Crippen molar-refractivity contribution in [2.24, 2.45) is 10.9 Å². The third-order valence-electron chi connectivity index (χ3n) is 4.75. The van der Waals surface area contributed by atoms with Crippen molar-refractivity contribution in [2.45, 2.75) is 66.3 Å². The van der Waals surface area contributed by atoms with E-state index < -0.39 is 0 Å². The standard InChI is InChI=1S/C22H31N3/c1-6-9-19(10-7-2)17(5)23-14-18(8-3)22-15-24-20-12-11-16(4)13-21(20)25-22/h8,11-15,17,19H,6-7,9-10H2,1-5H3/b18-8+,23-14?. The molecule has 0 saturated heterocycles. The molecule has 2 rings (SSSR count). The van der Waals surface area contributed by atoms with E-state index in [0.29, 0.717) is 12.0 Å². The molecule has 0 N–H and O–H groups in total. The summed E-state index contributed by atoms with van der Waals surface area (Å²) >= 11 is 0. The van der Waals surface area contributed by atoms with Gasteiger partial charge < -0.3 is 0 Å². The number of aromatic nitrogens is 2. The van der Waals surface area contributed by atoms with Crippen LogP contribution < -0.4 is 0 Å². The van der Waals surface area contributed by atoms with E-state index in [9.17, 15) is 0 Å². The van der Waals surface area contributed by atoms with E-state index in [1.807, 2.05) is 25.4 Å². The number of hydrogen-bond donors (Lipinski definition) is 0. The van der Waals surface area contributed by atoms with Crippen molar-refractivity contribution in [1.82, 2.24) is 9.97 Å². The molecule has 0 amide bonds. The Kier molecular flexibility index (Phi) is 7.30. The van der Waals surface area contributed by atoms with Gasteiger partial charge in [0.05, 0.1) is 22.9 Å². The summed E-state index contributed by atoms with van der Waals surface area (Å²) in [6, 6.07) is 6.51. The first kappa shape index (κ1) is 19.3. The zero-order valence-electron chi connectivity index (χ0n) is 16.3. The van der Waals surface area contributed by atoms with Crippen LogP contribution in [0.25, 0.3) is 16.6 Å². The SMILES string of the molecule is C/C=C(\C=NC(C)C(CCC)CCC)c1cnc2ccc(C)cc2n1. The van der Waals surface area contributed by atoms with Gasteiger partial charge in [-0.3, -0.25) is 9.98 Å². The number of benzene rings is 1. The van der Waals surface area contributed by atoms with Crippen molar-refractivity contribution in [2.75, 3.05) is 0 Å². The summed E-state index contributed by atoms with van der Waals surface area (Å²) in [4.78, 5) is 14.2. The van der Waals surface area contributed by atoms with Gasteiger partial charge in [-0.25, -0.2) is 4.98 Å². The predicted octanol–water partition coefficient (Wildman–Crippen LogP) is 6.02. The van der Waals surface area contributed by atoms with Crippen LogP contribution in [0.2, 0.25) is 0 Å². The monoisotopic (exact) mass is 337 g/mol. The number of aryl methyl sites for hydroxylation is 1. The summed E-state index contributed by atoms with van der Waals surface area (Å²) in [5.41, 5.74) is 4.99. The molecular formula is C22H31N3. The van der Waals surface area contributed by atoms with Crippen molar-refractivity contribution in [1.29, 1.82) is 0 Å². The predicted molar refractivity (Wildman–Crippen MR) is 109 cm³/mol. The second kappa shape index (κ2) is 9.45. The molecule has 1 unspecified atom stereocenters. The molecule has 0 aliphatic rings. The number of nitrogens with zero attached hydrogens (tertiary/aromatic N) is 3. The highest BCUT2D eigenvalue weighted by molar-refractivity contribution is 6.09. The number of fused-ring (bicyclic) bond motifs is 1. The average molecular weight is 338 g/mol. The van der Waals surface area contributed by atoms with Gasteiger partial charge in [0.15, 0.2) is 0 Å². The van der Waals surface area contributed by atoms with Gasteiger partial charge in [0.25, 0.3) is 0 Å². The third kappa shape index (κ3) is 5.22. The molecule has 0 saturated carbocycles. The number of hydrogen-bond acceptors (Lipinski definition) is 3. The Balaban J connectivity index is 2.21. The average Bonchev–Trinajstić information content (AvgIpc) is 2.61. The molecular weight excluding hydrogens is 306 g/mol. The maximum Gasteiger partial charge on any atom is 0.0905 e. The number of allylic oxidation sites excluding steroid dienone is 2. The lowest BCUT2D eigenvalue weighted by atomic mass is 9.92. The Morgan fingerprint density at radius 1 is 1.16 bits per heavy atom. The molecule has 1 atom stereocenters. The van der Waals surface area contributed by atoms with E-state index in [4.69, 9.17) is 9.98 Å². The molecule has 3 heteroatoms. The molecule has 1 heterocycles. The zero-order valence-corrected chi connectivity index (χ0v) is 16.3. The summed E-state index contributed by atoms with van der Waals surface area (Å²) in [5.74, 6) is 0.662. The van der Waals surface area contributed by atoms with Crippen molar-refractivity contribution >= 4 is 22.8 Å². The topological polar surface area (TPSA) is 38.1 Å². The van der Waals surface area contributed by atoms with Crippen LogP contribution in [0.15, 0.2) is 35.5 Å². The molecule has 134 valence electrons. The summed E-state index contributed by atoms with van der Waals surface area (Å²) in [5, 5.41) is 0. The molecule has 1 aromatic heterocycles. The van der Waals surface area contributed by atoms with Crippen LogP contribution in [-0.4, -0.2) is 22.2 Å². The van der Waals surface area contributed by atoms with Gasteiger partial charge in [-0.1, -0.05) is 38.8 Å². The normalized spacial score (nSPS) is 13.9. The molecule has 0 radical (unpaired) electrons. The second-order valence-electron chi connectivity index (χ2n) is 6.85. The first-order chi connectivity index (χ1) is 12.1. The molecule has 3 nitrogen and oxygen atoms in total. The second-order valence-corrected chi connectivity index (χ2v) is 6.85. The lowest BCUT2D eigenvalue weighted by Crippen LogP contribution is -2.15. The largest absolute Gasteiger partial charge is 0.289 e. The van der Waals surface area contributed by atoms with E-state index in [-0.39, 0.29) is 0 Å². The highest BCUT2D eigenvalue weighted by atomic mass is 14.8. The number of rotatable bonds is 8. The molecule has 0 aliphatic carbocycles. The van der Waals surface area contributed by atoms with Gasteiger partial charge in [0.1, 0.15) is 0 Å². The van der Waals surface area contributed by atoms with Crippen LogP contribution >= 0.6 is 0 Å². The highest BCUT2D eigenvalue weighted by Crippen LogP contribution is 2.21. The van der Waals surface area contributed by atoms with Crippen LogP contribution in [0.5, 0.6) is 0 Å². The lowest BCUT2D eigenvalue weighted by Gasteiger charge is -2.19. The zero-order chi connectivity index (χ0) is 18.2. The molecule has 0 aliphatic heterocycles. The van der Waals surface area contributed by atoms with E-state index in [1.165, 1.54) is 31.2 Å². The Bertz CT molecular complexity index is 740. The molecule has 2 aromatic rings. The fourth-order valence-electron chi connectivity index (χ4n) is 3.24. The Hall–Kier alpha value is -2.03. The van der Waals surface area contributed by atoms with E-state index >= 15 is 0 Å². The van der Waals surface area contributed by atoms with Crippen LogP contribution in [0.1, 0.15) is 64.6 Å². The maximum atomic E-state index is 4.85. The minimum atomic E-state index is 0.338.